The van der Waals surface area contributed by atoms with Crippen LogP contribution in [0.2, 0.25) is 0 Å². The molecule has 5 N–H and O–H groups in total. The molecule has 1 aliphatic rings. The molecule has 2 unspecified atom stereocenters. The van der Waals surface area contributed by atoms with Crippen molar-refractivity contribution < 1.29 is 4.79 Å². The second-order valence-electron chi connectivity index (χ2n) is 4.86. The number of carbonyl (C=O) groups is 1. The highest BCUT2D eigenvalue weighted by molar-refractivity contribution is 5.91. The average molecular weight is 248 g/mol. The van der Waals surface area contributed by atoms with Gasteiger partial charge in [-0.25, -0.2) is 0 Å². The largest absolute Gasteiger partial charge is 0.385 e. The van der Waals surface area contributed by atoms with Gasteiger partial charge in [0.25, 0.3) is 5.91 Å². The van der Waals surface area contributed by atoms with E-state index in [0.29, 0.717) is 17.5 Å². The number of pyridine rings is 1. The Kier molecular flexibility index (Phi) is 4.15. The number of nitrogens with zero attached hydrogens (tertiary/aromatic N) is 1. The van der Waals surface area contributed by atoms with Gasteiger partial charge in [-0.15, -0.1) is 0 Å². The SMILES string of the molecule is NCC1CCCC1CNc1ccnc(C(N)=O)c1. The van der Waals surface area contributed by atoms with Crippen molar-refractivity contribution in [1.29, 1.82) is 0 Å². The van der Waals surface area contributed by atoms with Gasteiger partial charge in [-0.2, -0.15) is 0 Å². The number of aromatic nitrogens is 1. The van der Waals surface area contributed by atoms with Crippen LogP contribution in [0.3, 0.4) is 0 Å². The second-order valence-corrected chi connectivity index (χ2v) is 4.86. The van der Waals surface area contributed by atoms with Gasteiger partial charge >= 0.3 is 0 Å². The maximum atomic E-state index is 11.0. The smallest absolute Gasteiger partial charge is 0.267 e. The molecule has 0 saturated heterocycles. The van der Waals surface area contributed by atoms with Gasteiger partial charge in [0.15, 0.2) is 0 Å². The van der Waals surface area contributed by atoms with Gasteiger partial charge in [0, 0.05) is 18.4 Å². The Morgan fingerprint density at radius 3 is 2.94 bits per heavy atom. The van der Waals surface area contributed by atoms with Crippen LogP contribution in [0.5, 0.6) is 0 Å². The zero-order valence-corrected chi connectivity index (χ0v) is 10.4. The van der Waals surface area contributed by atoms with Crippen LogP contribution in [0, 0.1) is 11.8 Å². The van der Waals surface area contributed by atoms with Crippen molar-refractivity contribution in [2.45, 2.75) is 19.3 Å². The number of primary amides is 1. The van der Waals surface area contributed by atoms with Crippen LogP contribution in [0.1, 0.15) is 29.8 Å². The number of nitrogens with two attached hydrogens (primary N) is 2. The fourth-order valence-corrected chi connectivity index (χ4v) is 2.62. The molecule has 0 aromatic carbocycles. The lowest BCUT2D eigenvalue weighted by Gasteiger charge is -2.19. The van der Waals surface area contributed by atoms with Gasteiger partial charge in [-0.1, -0.05) is 6.42 Å². The molecule has 5 heteroatoms. The number of hydrogen-bond acceptors (Lipinski definition) is 4. The monoisotopic (exact) mass is 248 g/mol. The minimum absolute atomic E-state index is 0.293. The van der Waals surface area contributed by atoms with Gasteiger partial charge in [0.05, 0.1) is 0 Å². The van der Waals surface area contributed by atoms with Crippen molar-refractivity contribution in [1.82, 2.24) is 4.98 Å². The zero-order valence-electron chi connectivity index (χ0n) is 10.4. The third-order valence-electron chi connectivity index (χ3n) is 3.70. The molecular formula is C13H20N4O. The van der Waals surface area contributed by atoms with E-state index in [-0.39, 0.29) is 0 Å². The third-order valence-corrected chi connectivity index (χ3v) is 3.70. The molecule has 0 radical (unpaired) electrons. The van der Waals surface area contributed by atoms with E-state index in [9.17, 15) is 4.79 Å². The molecule has 1 amide bonds. The maximum absolute atomic E-state index is 11.0. The van der Waals surface area contributed by atoms with E-state index >= 15 is 0 Å². The minimum atomic E-state index is -0.501. The lowest BCUT2D eigenvalue weighted by molar-refractivity contribution is 0.0995. The Balaban J connectivity index is 1.93. The average Bonchev–Trinajstić information content (AvgIpc) is 2.84. The summed E-state index contributed by atoms with van der Waals surface area (Å²) >= 11 is 0. The van der Waals surface area contributed by atoms with Gasteiger partial charge in [0.2, 0.25) is 0 Å². The molecule has 1 fully saturated rings. The first-order chi connectivity index (χ1) is 8.70. The lowest BCUT2D eigenvalue weighted by Crippen LogP contribution is -2.24. The summed E-state index contributed by atoms with van der Waals surface area (Å²) in [5.41, 5.74) is 12.1. The first-order valence-corrected chi connectivity index (χ1v) is 6.40. The Morgan fingerprint density at radius 1 is 1.44 bits per heavy atom. The number of amides is 1. The van der Waals surface area contributed by atoms with Crippen molar-refractivity contribution in [3.63, 3.8) is 0 Å². The fourth-order valence-electron chi connectivity index (χ4n) is 2.62. The molecule has 18 heavy (non-hydrogen) atoms. The van der Waals surface area contributed by atoms with Crippen molar-refractivity contribution in [2.24, 2.45) is 23.3 Å². The van der Waals surface area contributed by atoms with Crippen LogP contribution in [-0.2, 0) is 0 Å². The predicted molar refractivity (Wildman–Crippen MR) is 71.1 cm³/mol. The van der Waals surface area contributed by atoms with Gasteiger partial charge in [-0.05, 0) is 43.4 Å². The van der Waals surface area contributed by atoms with E-state index in [2.05, 4.69) is 10.3 Å². The van der Waals surface area contributed by atoms with Crippen LogP contribution >= 0.6 is 0 Å². The summed E-state index contributed by atoms with van der Waals surface area (Å²) in [5.74, 6) is 0.745. The number of nitrogens with one attached hydrogen (secondary N) is 1. The summed E-state index contributed by atoms with van der Waals surface area (Å²) in [5, 5.41) is 3.34. The maximum Gasteiger partial charge on any atom is 0.267 e. The van der Waals surface area contributed by atoms with Crippen molar-refractivity contribution in [2.75, 3.05) is 18.4 Å². The Bertz CT molecular complexity index is 421. The van der Waals surface area contributed by atoms with Gasteiger partial charge in [0.1, 0.15) is 5.69 Å². The molecule has 1 aliphatic carbocycles. The van der Waals surface area contributed by atoms with E-state index in [0.717, 1.165) is 18.8 Å². The summed E-state index contributed by atoms with van der Waals surface area (Å²) < 4.78 is 0. The number of carbonyl (C=O) groups excluding carboxylic acids is 1. The fraction of sp³-hybridized carbons (Fsp3) is 0.538. The second kappa shape index (κ2) is 5.82. The summed E-state index contributed by atoms with van der Waals surface area (Å²) in [6.07, 6.45) is 5.31. The zero-order chi connectivity index (χ0) is 13.0. The minimum Gasteiger partial charge on any atom is -0.385 e. The van der Waals surface area contributed by atoms with E-state index in [4.69, 9.17) is 11.5 Å². The molecule has 1 aromatic rings. The van der Waals surface area contributed by atoms with Crippen LogP contribution in [0.25, 0.3) is 0 Å². The molecule has 0 bridgehead atoms. The third kappa shape index (κ3) is 2.98. The molecule has 0 aliphatic heterocycles. The van der Waals surface area contributed by atoms with E-state index < -0.39 is 5.91 Å². The quantitative estimate of drug-likeness (QED) is 0.723. The highest BCUT2D eigenvalue weighted by Crippen LogP contribution is 2.30. The molecule has 1 heterocycles. The molecule has 1 saturated carbocycles. The van der Waals surface area contributed by atoms with Crippen LogP contribution in [0.15, 0.2) is 18.3 Å². The molecule has 98 valence electrons. The highest BCUT2D eigenvalue weighted by atomic mass is 16.1. The number of rotatable bonds is 5. The highest BCUT2D eigenvalue weighted by Gasteiger charge is 2.25. The van der Waals surface area contributed by atoms with Crippen LogP contribution in [-0.4, -0.2) is 24.0 Å². The summed E-state index contributed by atoms with van der Waals surface area (Å²) in [7, 11) is 0. The Labute approximate surface area is 107 Å². The molecule has 5 nitrogen and oxygen atoms in total. The van der Waals surface area contributed by atoms with E-state index in [1.807, 2.05) is 6.07 Å². The molecule has 2 atom stereocenters. The predicted octanol–water partition coefficient (Wildman–Crippen LogP) is 0.967. The Morgan fingerprint density at radius 2 is 2.22 bits per heavy atom. The van der Waals surface area contributed by atoms with Crippen LogP contribution in [0.4, 0.5) is 5.69 Å². The number of anilines is 1. The van der Waals surface area contributed by atoms with E-state index in [1.54, 1.807) is 12.3 Å². The van der Waals surface area contributed by atoms with Crippen LogP contribution < -0.4 is 16.8 Å². The normalized spacial score (nSPS) is 22.9. The summed E-state index contributed by atoms with van der Waals surface area (Å²) in [6, 6.07) is 3.54. The summed E-state index contributed by atoms with van der Waals surface area (Å²) in [4.78, 5) is 14.9. The van der Waals surface area contributed by atoms with Gasteiger partial charge in [-0.3, -0.25) is 9.78 Å². The molecule has 1 aromatic heterocycles. The van der Waals surface area contributed by atoms with Crippen molar-refractivity contribution in [3.8, 4) is 0 Å². The first-order valence-electron chi connectivity index (χ1n) is 6.40. The summed E-state index contributed by atoms with van der Waals surface area (Å²) in [6.45, 7) is 1.65. The lowest BCUT2D eigenvalue weighted by atomic mass is 9.96. The van der Waals surface area contributed by atoms with Crippen molar-refractivity contribution >= 4 is 11.6 Å². The first kappa shape index (κ1) is 12.8. The van der Waals surface area contributed by atoms with E-state index in [1.165, 1.54) is 19.3 Å². The van der Waals surface area contributed by atoms with Gasteiger partial charge < -0.3 is 16.8 Å². The topological polar surface area (TPSA) is 94.0 Å². The van der Waals surface area contributed by atoms with Crippen molar-refractivity contribution in [3.05, 3.63) is 24.0 Å². The molecule has 0 spiro atoms. The molecule has 2 rings (SSSR count). The molecular weight excluding hydrogens is 228 g/mol. The number of hydrogen-bond donors (Lipinski definition) is 3. The Hall–Kier alpha value is -1.62. The standard InChI is InChI=1S/C13H20N4O/c14-7-9-2-1-3-10(9)8-17-11-4-5-16-12(6-11)13(15)18/h4-6,9-10H,1-3,7-8,14H2,(H2,15,18)(H,16,17).